The third-order valence-corrected chi connectivity index (χ3v) is 3.31. The molecule has 3 rings (SSSR count). The van der Waals surface area contributed by atoms with Crippen LogP contribution in [0, 0.1) is 0 Å². The number of hydrogen-bond donors (Lipinski definition) is 0. The van der Waals surface area contributed by atoms with Crippen LogP contribution in [0.5, 0.6) is 5.75 Å². The van der Waals surface area contributed by atoms with E-state index >= 15 is 0 Å². The number of benzene rings is 2. The second-order valence-corrected chi connectivity index (χ2v) is 4.63. The molecule has 90 valence electrons. The van der Waals surface area contributed by atoms with Crippen LogP contribution in [-0.2, 0) is 0 Å². The Morgan fingerprint density at radius 3 is 2.61 bits per heavy atom. The summed E-state index contributed by atoms with van der Waals surface area (Å²) in [4.78, 5) is 11.9. The van der Waals surface area contributed by atoms with Crippen LogP contribution >= 0.6 is 11.6 Å². The second-order valence-electron chi connectivity index (χ2n) is 4.22. The van der Waals surface area contributed by atoms with Crippen molar-refractivity contribution in [1.82, 2.24) is 0 Å². The Labute approximate surface area is 110 Å². The molecule has 0 amide bonds. The van der Waals surface area contributed by atoms with Crippen molar-refractivity contribution in [3.05, 3.63) is 53.1 Å². The van der Waals surface area contributed by atoms with Crippen molar-refractivity contribution >= 4 is 17.4 Å². The van der Waals surface area contributed by atoms with E-state index in [0.717, 1.165) is 11.1 Å². The molecule has 0 radical (unpaired) electrons. The summed E-state index contributed by atoms with van der Waals surface area (Å²) >= 11 is 6.19. The van der Waals surface area contributed by atoms with E-state index in [4.69, 9.17) is 16.3 Å². The summed E-state index contributed by atoms with van der Waals surface area (Å²) in [6.07, 6.45) is 0.418. The maximum absolute atomic E-state index is 11.9. The quantitative estimate of drug-likeness (QED) is 0.774. The third-order valence-electron chi connectivity index (χ3n) is 3.03. The van der Waals surface area contributed by atoms with Crippen molar-refractivity contribution < 1.29 is 9.53 Å². The van der Waals surface area contributed by atoms with E-state index in [1.165, 1.54) is 0 Å². The van der Waals surface area contributed by atoms with E-state index in [9.17, 15) is 4.79 Å². The first-order valence-corrected chi connectivity index (χ1v) is 6.18. The van der Waals surface area contributed by atoms with E-state index < -0.39 is 0 Å². The molecule has 18 heavy (non-hydrogen) atoms. The van der Waals surface area contributed by atoms with E-state index in [2.05, 4.69) is 0 Å². The zero-order chi connectivity index (χ0) is 12.5. The van der Waals surface area contributed by atoms with E-state index in [-0.39, 0.29) is 5.78 Å². The molecular formula is C15H11ClO2. The van der Waals surface area contributed by atoms with Crippen molar-refractivity contribution in [3.8, 4) is 16.9 Å². The zero-order valence-corrected chi connectivity index (χ0v) is 10.4. The fourth-order valence-electron chi connectivity index (χ4n) is 2.12. The van der Waals surface area contributed by atoms with Crippen LogP contribution in [-0.4, -0.2) is 12.4 Å². The van der Waals surface area contributed by atoms with Crippen molar-refractivity contribution in [2.75, 3.05) is 6.61 Å². The van der Waals surface area contributed by atoms with Crippen molar-refractivity contribution in [1.29, 1.82) is 0 Å². The molecular weight excluding hydrogens is 248 g/mol. The number of halogens is 1. The molecule has 0 saturated carbocycles. The summed E-state index contributed by atoms with van der Waals surface area (Å²) in [6, 6.07) is 13.6. The highest BCUT2D eigenvalue weighted by atomic mass is 35.5. The summed E-state index contributed by atoms with van der Waals surface area (Å²) in [7, 11) is 0. The topological polar surface area (TPSA) is 26.3 Å². The summed E-state index contributed by atoms with van der Waals surface area (Å²) in [5, 5.41) is 0.499. The fraction of sp³-hybridized carbons (Fsp3) is 0.133. The first-order valence-electron chi connectivity index (χ1n) is 5.80. The predicted octanol–water partition coefficient (Wildman–Crippen LogP) is 3.97. The number of fused-ring (bicyclic) bond motifs is 1. The Morgan fingerprint density at radius 2 is 1.83 bits per heavy atom. The van der Waals surface area contributed by atoms with Crippen molar-refractivity contribution in [3.63, 3.8) is 0 Å². The van der Waals surface area contributed by atoms with Gasteiger partial charge in [0.05, 0.1) is 17.2 Å². The average Bonchev–Trinajstić information content (AvgIpc) is 2.41. The molecule has 2 aromatic rings. The smallest absolute Gasteiger partial charge is 0.170 e. The number of ketones is 1. The Kier molecular flexibility index (Phi) is 2.80. The predicted molar refractivity (Wildman–Crippen MR) is 71.3 cm³/mol. The van der Waals surface area contributed by atoms with Gasteiger partial charge in [0.2, 0.25) is 0 Å². The largest absolute Gasteiger partial charge is 0.491 e. The van der Waals surface area contributed by atoms with Gasteiger partial charge in [0, 0.05) is 6.42 Å². The second kappa shape index (κ2) is 4.46. The maximum atomic E-state index is 11.9. The molecule has 0 fully saturated rings. The summed E-state index contributed by atoms with van der Waals surface area (Å²) in [6.45, 7) is 0.413. The minimum absolute atomic E-state index is 0.0935. The van der Waals surface area contributed by atoms with Crippen molar-refractivity contribution in [2.24, 2.45) is 0 Å². The van der Waals surface area contributed by atoms with Gasteiger partial charge >= 0.3 is 0 Å². The lowest BCUT2D eigenvalue weighted by atomic mass is 9.98. The standard InChI is InChI=1S/C15H11ClO2/c16-13-9-11(10-4-2-1-3-5-10)8-12-14(17)6-7-18-15(12)13/h1-5,8-9H,6-7H2. The monoisotopic (exact) mass is 258 g/mol. The molecule has 1 aliphatic heterocycles. The van der Waals surface area contributed by atoms with E-state index in [1.807, 2.05) is 42.5 Å². The van der Waals surface area contributed by atoms with Crippen LogP contribution < -0.4 is 4.74 Å². The number of carbonyl (C=O) groups excluding carboxylic acids is 1. The zero-order valence-electron chi connectivity index (χ0n) is 9.65. The highest BCUT2D eigenvalue weighted by molar-refractivity contribution is 6.33. The lowest BCUT2D eigenvalue weighted by Gasteiger charge is -2.18. The lowest BCUT2D eigenvalue weighted by molar-refractivity contribution is 0.0933. The first kappa shape index (κ1) is 11.3. The minimum Gasteiger partial charge on any atom is -0.491 e. The summed E-state index contributed by atoms with van der Waals surface area (Å²) in [5.41, 5.74) is 2.58. The number of carbonyl (C=O) groups is 1. The van der Waals surface area contributed by atoms with E-state index in [0.29, 0.717) is 29.4 Å². The fourth-order valence-corrected chi connectivity index (χ4v) is 2.40. The molecule has 1 aliphatic rings. The third kappa shape index (κ3) is 1.89. The Balaban J connectivity index is 2.17. The van der Waals surface area contributed by atoms with Gasteiger partial charge in [-0.2, -0.15) is 0 Å². The Hall–Kier alpha value is -1.80. The molecule has 2 nitrogen and oxygen atoms in total. The minimum atomic E-state index is 0.0935. The molecule has 0 aromatic heterocycles. The number of ether oxygens (including phenoxy) is 1. The molecule has 0 spiro atoms. The van der Waals surface area contributed by atoms with Gasteiger partial charge in [0.25, 0.3) is 0 Å². The maximum Gasteiger partial charge on any atom is 0.170 e. The number of rotatable bonds is 1. The molecule has 0 aliphatic carbocycles. The van der Waals surface area contributed by atoms with Gasteiger partial charge in [-0.3, -0.25) is 4.79 Å². The molecule has 0 bridgehead atoms. The number of hydrogen-bond acceptors (Lipinski definition) is 2. The molecule has 0 atom stereocenters. The highest BCUT2D eigenvalue weighted by Crippen LogP contribution is 2.37. The molecule has 3 heteroatoms. The molecule has 1 heterocycles. The Bertz CT molecular complexity index is 605. The van der Waals surface area contributed by atoms with Gasteiger partial charge in [-0.25, -0.2) is 0 Å². The summed E-state index contributed by atoms with van der Waals surface area (Å²) < 4.78 is 5.46. The SMILES string of the molecule is O=C1CCOc2c(Cl)cc(-c3ccccc3)cc21. The molecule has 0 unspecified atom stereocenters. The van der Waals surface area contributed by atoms with Crippen molar-refractivity contribution in [2.45, 2.75) is 6.42 Å². The van der Waals surface area contributed by atoms with Crippen LogP contribution in [0.3, 0.4) is 0 Å². The Morgan fingerprint density at radius 1 is 1.06 bits per heavy atom. The normalized spacial score (nSPS) is 13.9. The molecule has 0 saturated heterocycles. The molecule has 0 N–H and O–H groups in total. The van der Waals surface area contributed by atoms with Gasteiger partial charge in [-0.15, -0.1) is 0 Å². The average molecular weight is 259 g/mol. The number of Topliss-reactive ketones (excluding diaryl/α,β-unsaturated/α-hetero) is 1. The van der Waals surface area contributed by atoms with Crippen LogP contribution in [0.25, 0.3) is 11.1 Å². The van der Waals surface area contributed by atoms with Crippen LogP contribution in [0.4, 0.5) is 0 Å². The van der Waals surface area contributed by atoms with Crippen LogP contribution in [0.15, 0.2) is 42.5 Å². The van der Waals surface area contributed by atoms with Gasteiger partial charge in [0.1, 0.15) is 5.75 Å². The van der Waals surface area contributed by atoms with Gasteiger partial charge in [-0.05, 0) is 23.3 Å². The van der Waals surface area contributed by atoms with Gasteiger partial charge in [-0.1, -0.05) is 41.9 Å². The van der Waals surface area contributed by atoms with Crippen LogP contribution in [0.2, 0.25) is 5.02 Å². The van der Waals surface area contributed by atoms with Crippen LogP contribution in [0.1, 0.15) is 16.8 Å². The van der Waals surface area contributed by atoms with Gasteiger partial charge in [0.15, 0.2) is 5.78 Å². The summed E-state index contributed by atoms with van der Waals surface area (Å²) in [5.74, 6) is 0.614. The molecule has 2 aromatic carbocycles. The highest BCUT2D eigenvalue weighted by Gasteiger charge is 2.22. The van der Waals surface area contributed by atoms with E-state index in [1.54, 1.807) is 0 Å². The first-order chi connectivity index (χ1) is 8.75. The van der Waals surface area contributed by atoms with Gasteiger partial charge < -0.3 is 4.74 Å². The lowest BCUT2D eigenvalue weighted by Crippen LogP contribution is -2.15.